The van der Waals surface area contributed by atoms with Crippen molar-refractivity contribution in [1.29, 1.82) is 0 Å². The van der Waals surface area contributed by atoms with Crippen LogP contribution in [0.15, 0.2) is 12.1 Å². The minimum Gasteiger partial charge on any atom is -0.373 e. The summed E-state index contributed by atoms with van der Waals surface area (Å²) in [6.45, 7) is 3.81. The van der Waals surface area contributed by atoms with Crippen LogP contribution in [0, 0.1) is 5.92 Å². The van der Waals surface area contributed by atoms with E-state index in [0.717, 1.165) is 19.5 Å². The lowest BCUT2D eigenvalue weighted by atomic mass is 10.2. The minimum absolute atomic E-state index is 0.0372. The van der Waals surface area contributed by atoms with Gasteiger partial charge in [0.25, 0.3) is 5.91 Å². The summed E-state index contributed by atoms with van der Waals surface area (Å²) >= 11 is 5.89. The maximum Gasteiger partial charge on any atom is 0.254 e. The number of nitrogens with zero attached hydrogens (tertiary/aromatic N) is 2. The molecule has 0 spiro atoms. The van der Waals surface area contributed by atoms with Crippen LogP contribution >= 0.6 is 11.6 Å². The molecule has 1 aromatic heterocycles. The van der Waals surface area contributed by atoms with Gasteiger partial charge in [-0.05, 0) is 24.5 Å². The van der Waals surface area contributed by atoms with Gasteiger partial charge >= 0.3 is 0 Å². The zero-order chi connectivity index (χ0) is 12.4. The van der Waals surface area contributed by atoms with Gasteiger partial charge in [-0.3, -0.25) is 4.79 Å². The number of carbonyl (C=O) groups is 1. The predicted octanol–water partition coefficient (Wildman–Crippen LogP) is 2.26. The number of pyridine rings is 1. The van der Waals surface area contributed by atoms with E-state index in [-0.39, 0.29) is 5.91 Å². The minimum atomic E-state index is 0.0372. The standard InChI is InChI=1S/C12H16ClN3O/c1-8-3-4-16(7-8)12(17)9-5-10(13)15-11(6-9)14-2/h5-6,8H,3-4,7H2,1-2H3,(H,14,15). The maximum atomic E-state index is 12.2. The third-order valence-electron chi connectivity index (χ3n) is 3.01. The second kappa shape index (κ2) is 4.92. The van der Waals surface area contributed by atoms with E-state index in [1.165, 1.54) is 0 Å². The van der Waals surface area contributed by atoms with Gasteiger partial charge in [-0.15, -0.1) is 0 Å². The third kappa shape index (κ3) is 2.69. The Kier molecular flexibility index (Phi) is 3.52. The molecule has 17 heavy (non-hydrogen) atoms. The molecule has 0 aromatic carbocycles. The number of anilines is 1. The summed E-state index contributed by atoms with van der Waals surface area (Å²) in [5.41, 5.74) is 0.600. The summed E-state index contributed by atoms with van der Waals surface area (Å²) in [4.78, 5) is 18.2. The van der Waals surface area contributed by atoms with Gasteiger partial charge in [0.05, 0.1) is 0 Å². The molecule has 0 bridgehead atoms. The van der Waals surface area contributed by atoms with E-state index in [9.17, 15) is 4.79 Å². The van der Waals surface area contributed by atoms with Crippen LogP contribution in [0.25, 0.3) is 0 Å². The molecule has 1 atom stereocenters. The van der Waals surface area contributed by atoms with Gasteiger partial charge < -0.3 is 10.2 Å². The first-order valence-corrected chi connectivity index (χ1v) is 6.12. The normalized spacial score (nSPS) is 19.5. The van der Waals surface area contributed by atoms with E-state index in [2.05, 4.69) is 17.2 Å². The van der Waals surface area contributed by atoms with E-state index in [0.29, 0.717) is 22.5 Å². The van der Waals surface area contributed by atoms with Crippen molar-refractivity contribution < 1.29 is 4.79 Å². The van der Waals surface area contributed by atoms with E-state index in [1.54, 1.807) is 19.2 Å². The highest BCUT2D eigenvalue weighted by Crippen LogP contribution is 2.20. The highest BCUT2D eigenvalue weighted by Gasteiger charge is 2.24. The van der Waals surface area contributed by atoms with Crippen LogP contribution < -0.4 is 5.32 Å². The molecule has 2 rings (SSSR count). The second-order valence-corrected chi connectivity index (χ2v) is 4.85. The Bertz CT molecular complexity index is 436. The van der Waals surface area contributed by atoms with Crippen molar-refractivity contribution in [3.8, 4) is 0 Å². The molecule has 1 N–H and O–H groups in total. The fourth-order valence-electron chi connectivity index (χ4n) is 2.05. The number of aromatic nitrogens is 1. The molecule has 1 unspecified atom stereocenters. The number of rotatable bonds is 2. The zero-order valence-corrected chi connectivity index (χ0v) is 10.8. The number of hydrogen-bond donors (Lipinski definition) is 1. The number of likely N-dealkylation sites (tertiary alicyclic amines) is 1. The van der Waals surface area contributed by atoms with Crippen molar-refractivity contribution in [3.05, 3.63) is 22.8 Å². The first-order valence-electron chi connectivity index (χ1n) is 5.74. The van der Waals surface area contributed by atoms with Crippen molar-refractivity contribution in [2.45, 2.75) is 13.3 Å². The Morgan fingerprint density at radius 1 is 1.59 bits per heavy atom. The number of hydrogen-bond acceptors (Lipinski definition) is 3. The SMILES string of the molecule is CNc1cc(C(=O)N2CCC(C)C2)cc(Cl)n1. The fraction of sp³-hybridized carbons (Fsp3) is 0.500. The lowest BCUT2D eigenvalue weighted by Gasteiger charge is -2.16. The van der Waals surface area contributed by atoms with Crippen molar-refractivity contribution in [2.75, 3.05) is 25.5 Å². The van der Waals surface area contributed by atoms with Crippen molar-refractivity contribution >= 4 is 23.3 Å². The number of carbonyl (C=O) groups excluding carboxylic acids is 1. The van der Waals surface area contributed by atoms with Crippen LogP contribution in [0.4, 0.5) is 5.82 Å². The molecule has 1 amide bonds. The van der Waals surface area contributed by atoms with Crippen LogP contribution in [-0.2, 0) is 0 Å². The Balaban J connectivity index is 2.21. The molecule has 1 aliphatic heterocycles. The molecule has 0 aliphatic carbocycles. The monoisotopic (exact) mass is 253 g/mol. The fourth-order valence-corrected chi connectivity index (χ4v) is 2.26. The highest BCUT2D eigenvalue weighted by atomic mass is 35.5. The average molecular weight is 254 g/mol. The van der Waals surface area contributed by atoms with Crippen molar-refractivity contribution in [3.63, 3.8) is 0 Å². The molecule has 1 aromatic rings. The molecule has 0 saturated carbocycles. The van der Waals surface area contributed by atoms with Crippen molar-refractivity contribution in [1.82, 2.24) is 9.88 Å². The van der Waals surface area contributed by atoms with Gasteiger partial charge in [0.2, 0.25) is 0 Å². The van der Waals surface area contributed by atoms with E-state index < -0.39 is 0 Å². The smallest absolute Gasteiger partial charge is 0.254 e. The Morgan fingerprint density at radius 3 is 2.94 bits per heavy atom. The van der Waals surface area contributed by atoms with Crippen LogP contribution in [0.2, 0.25) is 5.15 Å². The summed E-state index contributed by atoms with van der Waals surface area (Å²) < 4.78 is 0. The summed E-state index contributed by atoms with van der Waals surface area (Å²) in [5, 5.41) is 3.24. The first-order chi connectivity index (χ1) is 8.10. The topological polar surface area (TPSA) is 45.2 Å². The number of halogens is 1. The van der Waals surface area contributed by atoms with Gasteiger partial charge in [-0.25, -0.2) is 4.98 Å². The molecule has 1 fully saturated rings. The Morgan fingerprint density at radius 2 is 2.35 bits per heavy atom. The number of nitrogens with one attached hydrogen (secondary N) is 1. The van der Waals surface area contributed by atoms with E-state index >= 15 is 0 Å². The lowest BCUT2D eigenvalue weighted by Crippen LogP contribution is -2.28. The summed E-state index contributed by atoms with van der Waals surface area (Å²) in [5.74, 6) is 1.24. The molecular formula is C12H16ClN3O. The lowest BCUT2D eigenvalue weighted by molar-refractivity contribution is 0.0788. The van der Waals surface area contributed by atoms with Gasteiger partial charge in [-0.2, -0.15) is 0 Å². The van der Waals surface area contributed by atoms with Crippen LogP contribution in [0.1, 0.15) is 23.7 Å². The molecule has 5 heteroatoms. The maximum absolute atomic E-state index is 12.2. The molecular weight excluding hydrogens is 238 g/mol. The molecule has 2 heterocycles. The summed E-state index contributed by atoms with van der Waals surface area (Å²) in [6, 6.07) is 3.35. The molecule has 92 valence electrons. The van der Waals surface area contributed by atoms with E-state index in [1.807, 2.05) is 4.90 Å². The number of amides is 1. The highest BCUT2D eigenvalue weighted by molar-refractivity contribution is 6.29. The second-order valence-electron chi connectivity index (χ2n) is 4.46. The Hall–Kier alpha value is -1.29. The van der Waals surface area contributed by atoms with Crippen LogP contribution in [-0.4, -0.2) is 35.9 Å². The first kappa shape index (κ1) is 12.2. The summed E-state index contributed by atoms with van der Waals surface area (Å²) in [6.07, 6.45) is 1.07. The average Bonchev–Trinajstić information content (AvgIpc) is 2.74. The van der Waals surface area contributed by atoms with Gasteiger partial charge in [0, 0.05) is 25.7 Å². The van der Waals surface area contributed by atoms with Crippen LogP contribution in [0.3, 0.4) is 0 Å². The predicted molar refractivity (Wildman–Crippen MR) is 68.5 cm³/mol. The molecule has 0 radical (unpaired) electrons. The summed E-state index contributed by atoms with van der Waals surface area (Å²) in [7, 11) is 1.75. The van der Waals surface area contributed by atoms with Gasteiger partial charge in [-0.1, -0.05) is 18.5 Å². The quantitative estimate of drug-likeness (QED) is 0.823. The zero-order valence-electron chi connectivity index (χ0n) is 10.0. The molecule has 4 nitrogen and oxygen atoms in total. The Labute approximate surface area is 106 Å². The molecule has 1 aliphatic rings. The third-order valence-corrected chi connectivity index (χ3v) is 3.20. The van der Waals surface area contributed by atoms with Gasteiger partial charge in [0.15, 0.2) is 0 Å². The van der Waals surface area contributed by atoms with Gasteiger partial charge in [0.1, 0.15) is 11.0 Å². The van der Waals surface area contributed by atoms with E-state index in [4.69, 9.17) is 11.6 Å². The van der Waals surface area contributed by atoms with Crippen LogP contribution in [0.5, 0.6) is 0 Å². The van der Waals surface area contributed by atoms with Crippen molar-refractivity contribution in [2.24, 2.45) is 5.92 Å². The largest absolute Gasteiger partial charge is 0.373 e. The molecule has 1 saturated heterocycles.